The molecule has 1 aromatic rings. The molecule has 0 saturated heterocycles. The molecule has 0 aliphatic heterocycles. The maximum Gasteiger partial charge on any atom is 0.269 e. The average molecular weight is 282 g/mol. The minimum absolute atomic E-state index is 0.0425. The molecule has 2 N–H and O–H groups in total. The monoisotopic (exact) mass is 282 g/mol. The Morgan fingerprint density at radius 2 is 2.30 bits per heavy atom. The second-order valence-corrected chi connectivity index (χ2v) is 4.34. The Hall–Kier alpha value is -1.99. The van der Waals surface area contributed by atoms with Crippen molar-refractivity contribution in [3.63, 3.8) is 0 Å². The zero-order chi connectivity index (χ0) is 15.0. The van der Waals surface area contributed by atoms with Gasteiger partial charge in [-0.2, -0.15) is 0 Å². The highest BCUT2D eigenvalue weighted by Gasteiger charge is 2.13. The number of nitro benzene ring substituents is 1. The minimum Gasteiger partial charge on any atom is -0.396 e. The second kappa shape index (κ2) is 8.23. The van der Waals surface area contributed by atoms with Crippen LogP contribution in [-0.2, 0) is 16.0 Å². The molecule has 1 atom stereocenters. The Morgan fingerprint density at radius 3 is 2.90 bits per heavy atom. The molecule has 1 unspecified atom stereocenters. The zero-order valence-corrected chi connectivity index (χ0v) is 11.2. The summed E-state index contributed by atoms with van der Waals surface area (Å²) >= 11 is 0. The second-order valence-electron chi connectivity index (χ2n) is 4.34. The molecule has 7 nitrogen and oxygen atoms in total. The Bertz CT molecular complexity index is 458. The third kappa shape index (κ3) is 5.33. The van der Waals surface area contributed by atoms with Gasteiger partial charge in [0.25, 0.3) is 5.69 Å². The van der Waals surface area contributed by atoms with Crippen molar-refractivity contribution in [1.82, 2.24) is 5.32 Å². The van der Waals surface area contributed by atoms with Gasteiger partial charge < -0.3 is 15.2 Å². The average Bonchev–Trinajstić information content (AvgIpc) is 2.39. The number of nitro groups is 1. The van der Waals surface area contributed by atoms with Gasteiger partial charge >= 0.3 is 0 Å². The number of nitrogens with zero attached hydrogens (tertiary/aromatic N) is 1. The summed E-state index contributed by atoms with van der Waals surface area (Å²) in [5, 5.41) is 22.3. The van der Waals surface area contributed by atoms with E-state index in [1.165, 1.54) is 19.2 Å². The summed E-state index contributed by atoms with van der Waals surface area (Å²) in [6.45, 7) is 0.256. The number of aliphatic hydroxyl groups is 1. The van der Waals surface area contributed by atoms with E-state index in [1.54, 1.807) is 12.1 Å². The number of nitrogens with one attached hydrogen (secondary N) is 1. The summed E-state index contributed by atoms with van der Waals surface area (Å²) in [7, 11) is 1.51. The summed E-state index contributed by atoms with van der Waals surface area (Å²) in [6, 6.07) is 5.68. The van der Waals surface area contributed by atoms with Crippen molar-refractivity contribution in [2.75, 3.05) is 20.3 Å². The van der Waals surface area contributed by atoms with E-state index in [9.17, 15) is 14.9 Å². The molecule has 0 aromatic heterocycles. The van der Waals surface area contributed by atoms with Gasteiger partial charge in [0.05, 0.1) is 24.0 Å². The van der Waals surface area contributed by atoms with E-state index < -0.39 is 4.92 Å². The Balaban J connectivity index is 2.60. The predicted molar refractivity (Wildman–Crippen MR) is 72.3 cm³/mol. The number of carbonyl (C=O) groups is 1. The number of carbonyl (C=O) groups excluding carboxylic acids is 1. The van der Waals surface area contributed by atoms with Crippen LogP contribution in [0.5, 0.6) is 0 Å². The van der Waals surface area contributed by atoms with Gasteiger partial charge in [-0.05, 0) is 12.0 Å². The van der Waals surface area contributed by atoms with Crippen LogP contribution in [0.25, 0.3) is 0 Å². The molecule has 0 saturated carbocycles. The molecule has 1 rings (SSSR count). The van der Waals surface area contributed by atoms with Crippen molar-refractivity contribution >= 4 is 11.6 Å². The van der Waals surface area contributed by atoms with Crippen LogP contribution in [0.3, 0.4) is 0 Å². The summed E-state index contributed by atoms with van der Waals surface area (Å²) in [4.78, 5) is 22.0. The molecule has 110 valence electrons. The quantitative estimate of drug-likeness (QED) is 0.538. The van der Waals surface area contributed by atoms with Crippen LogP contribution in [0.4, 0.5) is 5.69 Å². The zero-order valence-electron chi connectivity index (χ0n) is 11.2. The van der Waals surface area contributed by atoms with E-state index in [-0.39, 0.29) is 30.7 Å². The predicted octanol–water partition coefficient (Wildman–Crippen LogP) is 0.651. The van der Waals surface area contributed by atoms with E-state index in [0.29, 0.717) is 18.6 Å². The lowest BCUT2D eigenvalue weighted by molar-refractivity contribution is -0.384. The summed E-state index contributed by atoms with van der Waals surface area (Å²) in [5.74, 6) is -0.263. The van der Waals surface area contributed by atoms with E-state index in [2.05, 4.69) is 5.32 Å². The fraction of sp³-hybridized carbons (Fsp3) is 0.462. The molecule has 0 aliphatic rings. The topological polar surface area (TPSA) is 102 Å². The van der Waals surface area contributed by atoms with Gasteiger partial charge in [0.15, 0.2) is 0 Å². The van der Waals surface area contributed by atoms with Gasteiger partial charge in [-0.15, -0.1) is 0 Å². The van der Waals surface area contributed by atoms with Gasteiger partial charge in [-0.1, -0.05) is 12.1 Å². The van der Waals surface area contributed by atoms with Crippen molar-refractivity contribution < 1.29 is 19.6 Å². The number of hydrogen-bond donors (Lipinski definition) is 2. The molecule has 0 bridgehead atoms. The van der Waals surface area contributed by atoms with Crippen LogP contribution >= 0.6 is 0 Å². The number of non-ortho nitro benzene ring substituents is 1. The third-order valence-corrected chi connectivity index (χ3v) is 2.70. The summed E-state index contributed by atoms with van der Waals surface area (Å²) < 4.78 is 4.94. The van der Waals surface area contributed by atoms with Crippen LogP contribution < -0.4 is 5.32 Å². The SMILES string of the molecule is COCC(CCO)NC(=O)Cc1cccc([N+](=O)[O-])c1. The molecule has 0 fully saturated rings. The number of rotatable bonds is 8. The maximum atomic E-state index is 11.8. The maximum absolute atomic E-state index is 11.8. The Kier molecular flexibility index (Phi) is 6.61. The molecule has 7 heteroatoms. The lowest BCUT2D eigenvalue weighted by Gasteiger charge is -2.16. The van der Waals surface area contributed by atoms with E-state index in [4.69, 9.17) is 9.84 Å². The molecule has 0 spiro atoms. The van der Waals surface area contributed by atoms with Crippen molar-refractivity contribution in [3.8, 4) is 0 Å². The van der Waals surface area contributed by atoms with Gasteiger partial charge in [-0.3, -0.25) is 14.9 Å². The lowest BCUT2D eigenvalue weighted by Crippen LogP contribution is -2.39. The molecule has 20 heavy (non-hydrogen) atoms. The number of methoxy groups -OCH3 is 1. The van der Waals surface area contributed by atoms with Gasteiger partial charge in [-0.25, -0.2) is 0 Å². The Labute approximate surface area is 116 Å². The molecule has 0 radical (unpaired) electrons. The first-order valence-electron chi connectivity index (χ1n) is 6.19. The van der Waals surface area contributed by atoms with Gasteiger partial charge in [0.2, 0.25) is 5.91 Å². The van der Waals surface area contributed by atoms with Crippen molar-refractivity contribution in [2.24, 2.45) is 0 Å². The van der Waals surface area contributed by atoms with E-state index in [1.807, 2.05) is 0 Å². The fourth-order valence-electron chi connectivity index (χ4n) is 1.80. The van der Waals surface area contributed by atoms with Crippen molar-refractivity contribution in [1.29, 1.82) is 0 Å². The summed E-state index contributed by atoms with van der Waals surface area (Å²) in [5.41, 5.74) is 0.524. The highest BCUT2D eigenvalue weighted by Crippen LogP contribution is 2.13. The summed E-state index contributed by atoms with van der Waals surface area (Å²) in [6.07, 6.45) is 0.446. The normalized spacial score (nSPS) is 11.9. The van der Waals surface area contributed by atoms with Crippen LogP contribution in [0, 0.1) is 10.1 Å². The molecular weight excluding hydrogens is 264 g/mol. The number of benzene rings is 1. The largest absolute Gasteiger partial charge is 0.396 e. The number of ether oxygens (including phenoxy) is 1. The van der Waals surface area contributed by atoms with Crippen LogP contribution in [0.15, 0.2) is 24.3 Å². The standard InChI is InChI=1S/C13H18N2O5/c1-20-9-11(5-6-16)14-13(17)8-10-3-2-4-12(7-10)15(18)19/h2-4,7,11,16H,5-6,8-9H2,1H3,(H,14,17). The van der Waals surface area contributed by atoms with Crippen LogP contribution in [0.1, 0.15) is 12.0 Å². The first kappa shape index (κ1) is 16.1. The number of amides is 1. The van der Waals surface area contributed by atoms with Crippen LogP contribution in [-0.4, -0.2) is 42.3 Å². The van der Waals surface area contributed by atoms with E-state index in [0.717, 1.165) is 0 Å². The van der Waals surface area contributed by atoms with E-state index >= 15 is 0 Å². The van der Waals surface area contributed by atoms with Crippen molar-refractivity contribution in [3.05, 3.63) is 39.9 Å². The molecule has 0 aliphatic carbocycles. The van der Waals surface area contributed by atoms with Crippen LogP contribution in [0.2, 0.25) is 0 Å². The minimum atomic E-state index is -0.499. The highest BCUT2D eigenvalue weighted by molar-refractivity contribution is 5.79. The number of hydrogen-bond acceptors (Lipinski definition) is 5. The third-order valence-electron chi connectivity index (χ3n) is 2.70. The Morgan fingerprint density at radius 1 is 1.55 bits per heavy atom. The molecular formula is C13H18N2O5. The highest BCUT2D eigenvalue weighted by atomic mass is 16.6. The molecule has 1 amide bonds. The number of aliphatic hydroxyl groups excluding tert-OH is 1. The molecule has 0 heterocycles. The van der Waals surface area contributed by atoms with Gasteiger partial charge in [0, 0.05) is 25.8 Å². The van der Waals surface area contributed by atoms with Gasteiger partial charge in [0.1, 0.15) is 0 Å². The van der Waals surface area contributed by atoms with Crippen molar-refractivity contribution in [2.45, 2.75) is 18.9 Å². The molecule has 1 aromatic carbocycles. The smallest absolute Gasteiger partial charge is 0.269 e. The fourth-order valence-corrected chi connectivity index (χ4v) is 1.80. The first-order chi connectivity index (χ1) is 9.56. The first-order valence-corrected chi connectivity index (χ1v) is 6.19. The lowest BCUT2D eigenvalue weighted by atomic mass is 10.1.